The maximum atomic E-state index is 2.44. The zero-order valence-corrected chi connectivity index (χ0v) is 8.98. The van der Waals surface area contributed by atoms with Gasteiger partial charge in [-0.1, -0.05) is 0 Å². The Hall–Kier alpha value is -1.09. The molecule has 2 heterocycles. The molecule has 14 heavy (non-hydrogen) atoms. The van der Waals surface area contributed by atoms with E-state index in [9.17, 15) is 0 Å². The number of aryl methyl sites for hydroxylation is 1. The minimum Gasteiger partial charge on any atom is -0.364 e. The van der Waals surface area contributed by atoms with E-state index in [0.29, 0.717) is 0 Å². The van der Waals surface area contributed by atoms with E-state index in [1.807, 2.05) is 0 Å². The van der Waals surface area contributed by atoms with Gasteiger partial charge in [0, 0.05) is 32.2 Å². The Balaban J connectivity index is 2.08. The van der Waals surface area contributed by atoms with Gasteiger partial charge in [0.1, 0.15) is 12.7 Å². The Bertz CT molecular complexity index is 303. The number of rotatable bonds is 1. The minimum absolute atomic E-state index is 1.14. The summed E-state index contributed by atoms with van der Waals surface area (Å²) in [5, 5.41) is 0. The quantitative estimate of drug-likeness (QED) is 0.591. The summed E-state index contributed by atoms with van der Waals surface area (Å²) in [6.07, 6.45) is 4.25. The Morgan fingerprint density at radius 1 is 1.21 bits per heavy atom. The fraction of sp³-hybridized carbons (Fsp3) is 0.545. The van der Waals surface area contributed by atoms with Gasteiger partial charge in [-0.25, -0.2) is 4.57 Å². The summed E-state index contributed by atoms with van der Waals surface area (Å²) in [4.78, 5) is 4.82. The molecule has 0 N–H and O–H groups in total. The number of pyridine rings is 1. The van der Waals surface area contributed by atoms with E-state index < -0.39 is 0 Å². The SMILES string of the molecule is CN1CCN(c2ccc[n+](C)c2)CC1. The number of hydrogen-bond acceptors (Lipinski definition) is 2. The van der Waals surface area contributed by atoms with E-state index in [1.54, 1.807) is 0 Å². The van der Waals surface area contributed by atoms with Crippen molar-refractivity contribution >= 4 is 5.69 Å². The lowest BCUT2D eigenvalue weighted by molar-refractivity contribution is -0.670. The Kier molecular flexibility index (Phi) is 2.68. The van der Waals surface area contributed by atoms with Crippen LogP contribution in [0.1, 0.15) is 0 Å². The van der Waals surface area contributed by atoms with Crippen LogP contribution in [0.4, 0.5) is 5.69 Å². The summed E-state index contributed by atoms with van der Waals surface area (Å²) in [5.41, 5.74) is 1.34. The summed E-state index contributed by atoms with van der Waals surface area (Å²) in [5.74, 6) is 0. The molecule has 1 aromatic heterocycles. The largest absolute Gasteiger partial charge is 0.364 e. The van der Waals surface area contributed by atoms with Crippen LogP contribution in [0.3, 0.4) is 0 Å². The van der Waals surface area contributed by atoms with E-state index in [1.165, 1.54) is 18.8 Å². The Labute approximate surface area is 85.6 Å². The van der Waals surface area contributed by atoms with Gasteiger partial charge in [0.2, 0.25) is 0 Å². The lowest BCUT2D eigenvalue weighted by Gasteiger charge is -2.33. The van der Waals surface area contributed by atoms with Crippen LogP contribution in [-0.2, 0) is 7.05 Å². The second kappa shape index (κ2) is 3.96. The zero-order chi connectivity index (χ0) is 9.97. The molecule has 1 fully saturated rings. The third-order valence-corrected chi connectivity index (χ3v) is 2.79. The molecule has 0 unspecified atom stereocenters. The van der Waals surface area contributed by atoms with Crippen molar-refractivity contribution in [3.8, 4) is 0 Å². The van der Waals surface area contributed by atoms with Gasteiger partial charge in [0.15, 0.2) is 12.4 Å². The zero-order valence-electron chi connectivity index (χ0n) is 8.98. The summed E-state index contributed by atoms with van der Waals surface area (Å²) in [6.45, 7) is 4.61. The molecular formula is C11H18N3+. The van der Waals surface area contributed by atoms with E-state index in [2.05, 4.69) is 53.0 Å². The van der Waals surface area contributed by atoms with Gasteiger partial charge in [-0.05, 0) is 13.1 Å². The molecule has 1 aliphatic rings. The Morgan fingerprint density at radius 2 is 1.93 bits per heavy atom. The van der Waals surface area contributed by atoms with Gasteiger partial charge >= 0.3 is 0 Å². The molecule has 3 nitrogen and oxygen atoms in total. The van der Waals surface area contributed by atoms with Crippen LogP contribution in [0.15, 0.2) is 24.5 Å². The van der Waals surface area contributed by atoms with Crippen LogP contribution in [0.2, 0.25) is 0 Å². The monoisotopic (exact) mass is 192 g/mol. The van der Waals surface area contributed by atoms with Crippen LogP contribution in [0.25, 0.3) is 0 Å². The van der Waals surface area contributed by atoms with Gasteiger partial charge in [-0.15, -0.1) is 0 Å². The molecule has 0 aromatic carbocycles. The summed E-state index contributed by atoms with van der Waals surface area (Å²) in [6, 6.07) is 4.29. The third-order valence-electron chi connectivity index (χ3n) is 2.79. The van der Waals surface area contributed by atoms with Gasteiger partial charge < -0.3 is 9.80 Å². The molecule has 0 saturated carbocycles. The van der Waals surface area contributed by atoms with Crippen molar-refractivity contribution in [1.29, 1.82) is 0 Å². The average Bonchev–Trinajstić information content (AvgIpc) is 2.19. The molecule has 1 aliphatic heterocycles. The van der Waals surface area contributed by atoms with E-state index in [4.69, 9.17) is 0 Å². The molecule has 3 heteroatoms. The van der Waals surface area contributed by atoms with Crippen LogP contribution >= 0.6 is 0 Å². The second-order valence-corrected chi connectivity index (χ2v) is 4.02. The van der Waals surface area contributed by atoms with Crippen LogP contribution in [0, 0.1) is 0 Å². The van der Waals surface area contributed by atoms with Crippen molar-refractivity contribution in [3.63, 3.8) is 0 Å². The highest BCUT2D eigenvalue weighted by atomic mass is 15.2. The fourth-order valence-electron chi connectivity index (χ4n) is 1.82. The van der Waals surface area contributed by atoms with Crippen molar-refractivity contribution in [1.82, 2.24) is 4.90 Å². The first-order chi connectivity index (χ1) is 6.75. The molecule has 0 radical (unpaired) electrons. The summed E-state index contributed by atoms with van der Waals surface area (Å²) < 4.78 is 2.10. The molecule has 0 aliphatic carbocycles. The van der Waals surface area contributed by atoms with Crippen molar-refractivity contribution in [2.24, 2.45) is 7.05 Å². The predicted octanol–water partition coefficient (Wildman–Crippen LogP) is 0.263. The topological polar surface area (TPSA) is 10.4 Å². The van der Waals surface area contributed by atoms with Crippen LogP contribution in [-0.4, -0.2) is 38.1 Å². The normalized spacial score (nSPS) is 18.6. The highest BCUT2D eigenvalue weighted by Crippen LogP contribution is 2.12. The molecule has 0 bridgehead atoms. The Morgan fingerprint density at radius 3 is 2.57 bits per heavy atom. The van der Waals surface area contributed by atoms with Gasteiger partial charge in [-0.3, -0.25) is 0 Å². The van der Waals surface area contributed by atoms with Crippen molar-refractivity contribution in [2.75, 3.05) is 38.1 Å². The van der Waals surface area contributed by atoms with E-state index in [0.717, 1.165) is 13.1 Å². The van der Waals surface area contributed by atoms with Crippen LogP contribution in [0.5, 0.6) is 0 Å². The fourth-order valence-corrected chi connectivity index (χ4v) is 1.82. The highest BCUT2D eigenvalue weighted by Gasteiger charge is 2.15. The van der Waals surface area contributed by atoms with E-state index >= 15 is 0 Å². The molecular weight excluding hydrogens is 174 g/mol. The number of likely N-dealkylation sites (N-methyl/N-ethyl adjacent to an activating group) is 1. The first kappa shape index (κ1) is 9.46. The molecule has 1 aromatic rings. The average molecular weight is 192 g/mol. The molecule has 0 amide bonds. The van der Waals surface area contributed by atoms with Gasteiger partial charge in [0.25, 0.3) is 0 Å². The molecule has 2 rings (SSSR count). The predicted molar refractivity (Wildman–Crippen MR) is 57.3 cm³/mol. The van der Waals surface area contributed by atoms with Gasteiger partial charge in [0.05, 0.1) is 0 Å². The lowest BCUT2D eigenvalue weighted by Crippen LogP contribution is -2.45. The number of aromatic nitrogens is 1. The maximum Gasteiger partial charge on any atom is 0.192 e. The molecule has 0 spiro atoms. The minimum atomic E-state index is 1.14. The number of anilines is 1. The molecule has 76 valence electrons. The summed E-state index contributed by atoms with van der Waals surface area (Å²) in [7, 11) is 4.25. The third kappa shape index (κ3) is 2.04. The standard InChI is InChI=1S/C11H18N3/c1-12-6-8-14(9-7-12)11-4-3-5-13(2)10-11/h3-5,10H,6-9H2,1-2H3/q+1. The first-order valence-corrected chi connectivity index (χ1v) is 5.14. The van der Waals surface area contributed by atoms with Crippen molar-refractivity contribution in [2.45, 2.75) is 0 Å². The van der Waals surface area contributed by atoms with E-state index in [-0.39, 0.29) is 0 Å². The maximum absolute atomic E-state index is 2.44. The highest BCUT2D eigenvalue weighted by molar-refractivity contribution is 5.42. The van der Waals surface area contributed by atoms with Gasteiger partial charge in [-0.2, -0.15) is 0 Å². The smallest absolute Gasteiger partial charge is 0.192 e. The number of nitrogens with zero attached hydrogens (tertiary/aromatic N) is 3. The van der Waals surface area contributed by atoms with Crippen LogP contribution < -0.4 is 9.47 Å². The lowest BCUT2D eigenvalue weighted by atomic mass is 10.3. The summed E-state index contributed by atoms with van der Waals surface area (Å²) >= 11 is 0. The van der Waals surface area contributed by atoms with Crippen molar-refractivity contribution in [3.05, 3.63) is 24.5 Å². The second-order valence-electron chi connectivity index (χ2n) is 4.02. The molecule has 1 saturated heterocycles. The number of hydrogen-bond donors (Lipinski definition) is 0. The first-order valence-electron chi connectivity index (χ1n) is 5.14. The number of piperazine rings is 1. The van der Waals surface area contributed by atoms with Crippen molar-refractivity contribution < 1.29 is 4.57 Å². The molecule has 0 atom stereocenters.